The van der Waals surface area contributed by atoms with Crippen LogP contribution in [0.25, 0.3) is 0 Å². The number of ether oxygens (including phenoxy) is 2. The number of hydrogen-bond donors (Lipinski definition) is 0. The van der Waals surface area contributed by atoms with Gasteiger partial charge >= 0.3 is 0 Å². The lowest BCUT2D eigenvalue weighted by molar-refractivity contribution is -0.116. The van der Waals surface area contributed by atoms with Gasteiger partial charge in [0.15, 0.2) is 0 Å². The Morgan fingerprint density at radius 2 is 1.82 bits per heavy atom. The molecule has 0 saturated carbocycles. The molecule has 22 heavy (non-hydrogen) atoms. The van der Waals surface area contributed by atoms with Crippen LogP contribution in [0.1, 0.15) is 12.0 Å². The molecule has 0 saturated heterocycles. The fourth-order valence-corrected chi connectivity index (χ4v) is 2.39. The highest BCUT2D eigenvalue weighted by Crippen LogP contribution is 2.29. The van der Waals surface area contributed by atoms with Crippen LogP contribution in [0.5, 0.6) is 11.5 Å². The van der Waals surface area contributed by atoms with Crippen molar-refractivity contribution < 1.29 is 14.3 Å². The number of carbonyl (C=O) groups is 1. The SMILES string of the molecule is COc1ccc(OC)c(C2=NN(c3ccccc3)C(=O)C2)c1. The van der Waals surface area contributed by atoms with E-state index in [4.69, 9.17) is 9.47 Å². The standard InChI is InChI=1S/C17H16N2O3/c1-21-13-8-9-16(22-2)14(10-13)15-11-17(20)19(18-15)12-6-4-3-5-7-12/h3-10H,11H2,1-2H3. The number of hydrogen-bond acceptors (Lipinski definition) is 4. The highest BCUT2D eigenvalue weighted by molar-refractivity contribution is 6.20. The molecule has 0 atom stereocenters. The van der Waals surface area contributed by atoms with E-state index in [9.17, 15) is 4.79 Å². The van der Waals surface area contributed by atoms with Crippen molar-refractivity contribution in [3.63, 3.8) is 0 Å². The van der Waals surface area contributed by atoms with Crippen LogP contribution in [0, 0.1) is 0 Å². The van der Waals surface area contributed by atoms with Gasteiger partial charge in [0.25, 0.3) is 5.91 Å². The highest BCUT2D eigenvalue weighted by atomic mass is 16.5. The lowest BCUT2D eigenvalue weighted by atomic mass is 10.1. The van der Waals surface area contributed by atoms with Gasteiger partial charge in [-0.05, 0) is 30.3 Å². The predicted octanol–water partition coefficient (Wildman–Crippen LogP) is 2.84. The zero-order chi connectivity index (χ0) is 15.5. The van der Waals surface area contributed by atoms with Crippen LogP contribution in [-0.2, 0) is 4.79 Å². The summed E-state index contributed by atoms with van der Waals surface area (Å²) < 4.78 is 10.6. The number of methoxy groups -OCH3 is 2. The van der Waals surface area contributed by atoms with Crippen LogP contribution in [0.4, 0.5) is 5.69 Å². The van der Waals surface area contributed by atoms with Gasteiger partial charge in [0.1, 0.15) is 11.5 Å². The summed E-state index contributed by atoms with van der Waals surface area (Å²) in [7, 11) is 3.20. The van der Waals surface area contributed by atoms with E-state index >= 15 is 0 Å². The highest BCUT2D eigenvalue weighted by Gasteiger charge is 2.27. The average Bonchev–Trinajstić information content (AvgIpc) is 2.96. The quantitative estimate of drug-likeness (QED) is 0.871. The van der Waals surface area contributed by atoms with Crippen molar-refractivity contribution in [1.29, 1.82) is 0 Å². The minimum Gasteiger partial charge on any atom is -0.497 e. The van der Waals surface area contributed by atoms with Crippen molar-refractivity contribution >= 4 is 17.3 Å². The van der Waals surface area contributed by atoms with E-state index < -0.39 is 0 Å². The Balaban J connectivity index is 2.01. The van der Waals surface area contributed by atoms with Gasteiger partial charge in [0.05, 0.1) is 32.0 Å². The molecule has 0 N–H and O–H groups in total. The predicted molar refractivity (Wildman–Crippen MR) is 84.6 cm³/mol. The van der Waals surface area contributed by atoms with Gasteiger partial charge in [-0.25, -0.2) is 5.01 Å². The Hall–Kier alpha value is -2.82. The Kier molecular flexibility index (Phi) is 3.78. The maximum absolute atomic E-state index is 12.3. The fourth-order valence-electron chi connectivity index (χ4n) is 2.39. The molecule has 3 rings (SSSR count). The number of anilines is 1. The third-order valence-corrected chi connectivity index (χ3v) is 3.49. The summed E-state index contributed by atoms with van der Waals surface area (Å²) in [5.74, 6) is 1.30. The van der Waals surface area contributed by atoms with Gasteiger partial charge in [-0.15, -0.1) is 0 Å². The first-order chi connectivity index (χ1) is 10.7. The minimum atomic E-state index is -0.0638. The van der Waals surface area contributed by atoms with E-state index in [1.807, 2.05) is 48.5 Å². The molecule has 0 unspecified atom stereocenters. The van der Waals surface area contributed by atoms with Gasteiger partial charge in [0.2, 0.25) is 0 Å². The van der Waals surface area contributed by atoms with Crippen molar-refractivity contribution in [2.75, 3.05) is 19.2 Å². The molecule has 1 aliphatic rings. The van der Waals surface area contributed by atoms with Crippen molar-refractivity contribution in [2.24, 2.45) is 5.10 Å². The van der Waals surface area contributed by atoms with E-state index in [2.05, 4.69) is 5.10 Å². The van der Waals surface area contributed by atoms with Crippen molar-refractivity contribution in [2.45, 2.75) is 6.42 Å². The van der Waals surface area contributed by atoms with Crippen LogP contribution in [0.3, 0.4) is 0 Å². The summed E-state index contributed by atoms with van der Waals surface area (Å²) in [5.41, 5.74) is 2.20. The summed E-state index contributed by atoms with van der Waals surface area (Å²) >= 11 is 0. The molecule has 0 spiro atoms. The molecule has 1 heterocycles. The van der Waals surface area contributed by atoms with E-state index in [1.54, 1.807) is 14.2 Å². The number of para-hydroxylation sites is 1. The van der Waals surface area contributed by atoms with E-state index in [0.717, 1.165) is 11.3 Å². The first kappa shape index (κ1) is 14.1. The van der Waals surface area contributed by atoms with E-state index in [1.165, 1.54) is 5.01 Å². The number of benzene rings is 2. The van der Waals surface area contributed by atoms with Crippen LogP contribution in [-0.4, -0.2) is 25.8 Å². The van der Waals surface area contributed by atoms with Gasteiger partial charge in [-0.1, -0.05) is 18.2 Å². The van der Waals surface area contributed by atoms with Crippen molar-refractivity contribution in [1.82, 2.24) is 0 Å². The smallest absolute Gasteiger partial charge is 0.253 e. The Morgan fingerprint density at radius 1 is 1.05 bits per heavy atom. The molecule has 1 amide bonds. The molecule has 2 aromatic carbocycles. The number of rotatable bonds is 4. The molecule has 0 bridgehead atoms. The zero-order valence-corrected chi connectivity index (χ0v) is 12.4. The molecule has 5 nitrogen and oxygen atoms in total. The topological polar surface area (TPSA) is 51.1 Å². The van der Waals surface area contributed by atoms with Gasteiger partial charge in [-0.3, -0.25) is 4.79 Å². The molecule has 1 aliphatic heterocycles. The number of hydrazone groups is 1. The minimum absolute atomic E-state index is 0.0638. The van der Waals surface area contributed by atoms with Crippen molar-refractivity contribution in [3.05, 3.63) is 54.1 Å². The molecule has 5 heteroatoms. The summed E-state index contributed by atoms with van der Waals surface area (Å²) in [5, 5.41) is 5.88. The first-order valence-electron chi connectivity index (χ1n) is 6.91. The third-order valence-electron chi connectivity index (χ3n) is 3.49. The second-order valence-corrected chi connectivity index (χ2v) is 4.83. The molecule has 0 aromatic heterocycles. The average molecular weight is 296 g/mol. The van der Waals surface area contributed by atoms with Crippen LogP contribution < -0.4 is 14.5 Å². The second-order valence-electron chi connectivity index (χ2n) is 4.83. The lowest BCUT2D eigenvalue weighted by Gasteiger charge is -2.11. The third kappa shape index (κ3) is 2.53. The normalized spacial score (nSPS) is 14.0. The number of nitrogens with zero attached hydrogens (tertiary/aromatic N) is 2. The maximum atomic E-state index is 12.3. The van der Waals surface area contributed by atoms with Gasteiger partial charge < -0.3 is 9.47 Å². The molecule has 2 aromatic rings. The fraction of sp³-hybridized carbons (Fsp3) is 0.176. The molecule has 0 fully saturated rings. The summed E-state index contributed by atoms with van der Waals surface area (Å²) in [6.07, 6.45) is 0.235. The van der Waals surface area contributed by atoms with Crippen molar-refractivity contribution in [3.8, 4) is 11.5 Å². The summed E-state index contributed by atoms with van der Waals surface area (Å²) in [6, 6.07) is 14.8. The number of amides is 1. The molecular weight excluding hydrogens is 280 g/mol. The number of carbonyl (C=O) groups excluding carboxylic acids is 1. The van der Waals surface area contributed by atoms with Gasteiger partial charge in [0, 0.05) is 5.56 Å². The Morgan fingerprint density at radius 3 is 2.50 bits per heavy atom. The van der Waals surface area contributed by atoms with Crippen LogP contribution in [0.2, 0.25) is 0 Å². The lowest BCUT2D eigenvalue weighted by Crippen LogP contribution is -2.19. The van der Waals surface area contributed by atoms with E-state index in [-0.39, 0.29) is 12.3 Å². The summed E-state index contributed by atoms with van der Waals surface area (Å²) in [4.78, 5) is 12.3. The Labute approximate surface area is 128 Å². The second kappa shape index (κ2) is 5.89. The largest absolute Gasteiger partial charge is 0.497 e. The van der Waals surface area contributed by atoms with Gasteiger partial charge in [-0.2, -0.15) is 5.10 Å². The maximum Gasteiger partial charge on any atom is 0.253 e. The summed E-state index contributed by atoms with van der Waals surface area (Å²) in [6.45, 7) is 0. The molecular formula is C17H16N2O3. The zero-order valence-electron chi connectivity index (χ0n) is 12.4. The Bertz CT molecular complexity index is 726. The monoisotopic (exact) mass is 296 g/mol. The molecule has 0 aliphatic carbocycles. The van der Waals surface area contributed by atoms with Crippen LogP contribution in [0.15, 0.2) is 53.6 Å². The van der Waals surface area contributed by atoms with Crippen LogP contribution >= 0.6 is 0 Å². The first-order valence-corrected chi connectivity index (χ1v) is 6.91. The molecule has 112 valence electrons. The molecule has 0 radical (unpaired) electrons. The van der Waals surface area contributed by atoms with E-state index in [0.29, 0.717) is 17.2 Å².